The van der Waals surface area contributed by atoms with Crippen LogP contribution >= 0.6 is 0 Å². The maximum Gasteiger partial charge on any atom is 0.152 e. The maximum atomic E-state index is 14.4. The zero-order valence-electron chi connectivity index (χ0n) is 13.3. The highest BCUT2D eigenvalue weighted by molar-refractivity contribution is 5.78. The van der Waals surface area contributed by atoms with Crippen molar-refractivity contribution < 1.29 is 14.2 Å². The average Bonchev–Trinajstić information content (AvgIpc) is 2.79. The number of hydrogen-bond donors (Lipinski definition) is 1. The standard InChI is InChI=1S/C17H23FN2O2/c1-11(2)4-5-22-13-6-14(18)16-15(7-13)19-10-20(16)12-8-17(3,21)9-12/h6-7,10-12,21H,4-5,8-9H2,1-3H3/t12-,17+. The normalized spacial score (nSPS) is 24.7. The number of imidazole rings is 1. The lowest BCUT2D eigenvalue weighted by Gasteiger charge is -2.41. The Morgan fingerprint density at radius 3 is 2.82 bits per heavy atom. The molecule has 0 bridgehead atoms. The van der Waals surface area contributed by atoms with Gasteiger partial charge in [-0.15, -0.1) is 0 Å². The zero-order valence-corrected chi connectivity index (χ0v) is 13.3. The molecule has 3 rings (SSSR count). The highest BCUT2D eigenvalue weighted by Crippen LogP contribution is 2.42. The van der Waals surface area contributed by atoms with Gasteiger partial charge in [0.25, 0.3) is 0 Å². The van der Waals surface area contributed by atoms with E-state index < -0.39 is 5.60 Å². The third-order valence-electron chi connectivity index (χ3n) is 4.30. The molecule has 5 heteroatoms. The molecular weight excluding hydrogens is 283 g/mol. The van der Waals surface area contributed by atoms with Gasteiger partial charge >= 0.3 is 0 Å². The van der Waals surface area contributed by atoms with Crippen LogP contribution in [0.3, 0.4) is 0 Å². The van der Waals surface area contributed by atoms with Gasteiger partial charge in [0.15, 0.2) is 5.82 Å². The monoisotopic (exact) mass is 306 g/mol. The first-order valence-corrected chi connectivity index (χ1v) is 7.87. The fourth-order valence-electron chi connectivity index (χ4n) is 3.02. The van der Waals surface area contributed by atoms with Crippen LogP contribution in [0.1, 0.15) is 46.1 Å². The van der Waals surface area contributed by atoms with E-state index in [4.69, 9.17) is 4.74 Å². The van der Waals surface area contributed by atoms with E-state index >= 15 is 0 Å². The molecule has 120 valence electrons. The zero-order chi connectivity index (χ0) is 15.9. The second-order valence-electron chi connectivity index (χ2n) is 7.01. The van der Waals surface area contributed by atoms with Gasteiger partial charge < -0.3 is 14.4 Å². The molecule has 0 radical (unpaired) electrons. The molecule has 1 heterocycles. The molecule has 4 nitrogen and oxygen atoms in total. The Kier molecular flexibility index (Phi) is 3.85. The van der Waals surface area contributed by atoms with E-state index in [9.17, 15) is 9.50 Å². The van der Waals surface area contributed by atoms with Crippen molar-refractivity contribution in [2.45, 2.75) is 51.7 Å². The number of rotatable bonds is 5. The number of hydrogen-bond acceptors (Lipinski definition) is 3. The Hall–Kier alpha value is -1.62. The number of aliphatic hydroxyl groups is 1. The fraction of sp³-hybridized carbons (Fsp3) is 0.588. The van der Waals surface area contributed by atoms with E-state index in [0.29, 0.717) is 42.1 Å². The van der Waals surface area contributed by atoms with Gasteiger partial charge in [0.1, 0.15) is 11.3 Å². The van der Waals surface area contributed by atoms with Gasteiger partial charge in [-0.05, 0) is 32.1 Å². The first-order chi connectivity index (χ1) is 10.4. The number of halogens is 1. The molecule has 1 aromatic carbocycles. The number of nitrogens with zero attached hydrogens (tertiary/aromatic N) is 2. The summed E-state index contributed by atoms with van der Waals surface area (Å²) in [6.07, 6.45) is 3.85. The first kappa shape index (κ1) is 15.3. The highest BCUT2D eigenvalue weighted by Gasteiger charge is 2.40. The molecule has 1 aliphatic rings. The molecule has 0 atom stereocenters. The van der Waals surface area contributed by atoms with E-state index in [1.54, 1.807) is 19.3 Å². The van der Waals surface area contributed by atoms with E-state index in [-0.39, 0.29) is 11.9 Å². The van der Waals surface area contributed by atoms with Gasteiger partial charge in [-0.2, -0.15) is 0 Å². The van der Waals surface area contributed by atoms with E-state index in [0.717, 1.165) is 6.42 Å². The molecule has 0 unspecified atom stereocenters. The summed E-state index contributed by atoms with van der Waals surface area (Å²) < 4.78 is 21.9. The minimum absolute atomic E-state index is 0.113. The molecule has 1 aliphatic carbocycles. The molecule has 0 saturated heterocycles. The number of ether oxygens (including phenoxy) is 1. The summed E-state index contributed by atoms with van der Waals surface area (Å²) in [5, 5.41) is 9.86. The van der Waals surface area contributed by atoms with Crippen LogP contribution in [0.2, 0.25) is 0 Å². The number of aromatic nitrogens is 2. The average molecular weight is 306 g/mol. The summed E-state index contributed by atoms with van der Waals surface area (Å²) in [4.78, 5) is 4.30. The Morgan fingerprint density at radius 2 is 2.18 bits per heavy atom. The molecule has 0 amide bonds. The molecule has 1 N–H and O–H groups in total. The van der Waals surface area contributed by atoms with Crippen LogP contribution in [-0.4, -0.2) is 26.9 Å². The van der Waals surface area contributed by atoms with Crippen LogP contribution in [0.5, 0.6) is 5.75 Å². The van der Waals surface area contributed by atoms with Crippen molar-refractivity contribution in [3.05, 3.63) is 24.3 Å². The predicted molar refractivity (Wildman–Crippen MR) is 83.5 cm³/mol. The molecule has 1 fully saturated rings. The Labute approximate surface area is 129 Å². The van der Waals surface area contributed by atoms with Crippen molar-refractivity contribution in [2.75, 3.05) is 6.61 Å². The van der Waals surface area contributed by atoms with Crippen LogP contribution in [0.25, 0.3) is 11.0 Å². The Balaban J connectivity index is 1.81. The molecule has 1 aromatic heterocycles. The van der Waals surface area contributed by atoms with Crippen LogP contribution in [0.4, 0.5) is 4.39 Å². The third kappa shape index (κ3) is 2.95. The van der Waals surface area contributed by atoms with Gasteiger partial charge in [0, 0.05) is 18.2 Å². The van der Waals surface area contributed by atoms with Crippen LogP contribution < -0.4 is 4.74 Å². The highest BCUT2D eigenvalue weighted by atomic mass is 19.1. The summed E-state index contributed by atoms with van der Waals surface area (Å²) in [6.45, 7) is 6.64. The smallest absolute Gasteiger partial charge is 0.152 e. The number of fused-ring (bicyclic) bond motifs is 1. The van der Waals surface area contributed by atoms with Crippen molar-refractivity contribution in [3.8, 4) is 5.75 Å². The number of benzene rings is 1. The molecular formula is C17H23FN2O2. The van der Waals surface area contributed by atoms with Crippen molar-refractivity contribution in [1.82, 2.24) is 9.55 Å². The molecule has 1 saturated carbocycles. The lowest BCUT2D eigenvalue weighted by atomic mass is 9.77. The topological polar surface area (TPSA) is 47.3 Å². The van der Waals surface area contributed by atoms with E-state index in [1.807, 2.05) is 4.57 Å². The quantitative estimate of drug-likeness (QED) is 0.916. The van der Waals surface area contributed by atoms with Gasteiger partial charge in [0.2, 0.25) is 0 Å². The van der Waals surface area contributed by atoms with Crippen molar-refractivity contribution in [1.29, 1.82) is 0 Å². The summed E-state index contributed by atoms with van der Waals surface area (Å²) in [5.41, 5.74) is 0.459. The predicted octanol–water partition coefficient (Wildman–Crippen LogP) is 3.69. The van der Waals surface area contributed by atoms with Gasteiger partial charge in [0.05, 0.1) is 24.1 Å². The van der Waals surface area contributed by atoms with Crippen LogP contribution in [-0.2, 0) is 0 Å². The SMILES string of the molecule is CC(C)CCOc1cc(F)c2c(c1)ncn2[C@H]1C[C@@](C)(O)C1. The summed E-state index contributed by atoms with van der Waals surface area (Å²) in [7, 11) is 0. The largest absolute Gasteiger partial charge is 0.493 e. The van der Waals surface area contributed by atoms with Gasteiger partial charge in [-0.3, -0.25) is 0 Å². The van der Waals surface area contributed by atoms with Gasteiger partial charge in [-0.1, -0.05) is 13.8 Å². The van der Waals surface area contributed by atoms with Crippen molar-refractivity contribution in [3.63, 3.8) is 0 Å². The van der Waals surface area contributed by atoms with Gasteiger partial charge in [-0.25, -0.2) is 9.37 Å². The lowest BCUT2D eigenvalue weighted by Crippen LogP contribution is -2.41. The fourth-order valence-corrected chi connectivity index (χ4v) is 3.02. The summed E-state index contributed by atoms with van der Waals surface area (Å²) in [5.74, 6) is 0.761. The molecule has 22 heavy (non-hydrogen) atoms. The minimum atomic E-state index is -0.641. The Bertz CT molecular complexity index is 671. The second kappa shape index (κ2) is 5.54. The summed E-state index contributed by atoms with van der Waals surface area (Å²) >= 11 is 0. The molecule has 2 aromatic rings. The van der Waals surface area contributed by atoms with Crippen molar-refractivity contribution in [2.24, 2.45) is 5.92 Å². The van der Waals surface area contributed by atoms with Crippen LogP contribution in [0, 0.1) is 11.7 Å². The van der Waals surface area contributed by atoms with E-state index in [2.05, 4.69) is 18.8 Å². The third-order valence-corrected chi connectivity index (χ3v) is 4.30. The minimum Gasteiger partial charge on any atom is -0.493 e. The Morgan fingerprint density at radius 1 is 1.45 bits per heavy atom. The summed E-state index contributed by atoms with van der Waals surface area (Å²) in [6, 6.07) is 3.33. The maximum absolute atomic E-state index is 14.4. The first-order valence-electron chi connectivity index (χ1n) is 7.87. The van der Waals surface area contributed by atoms with Crippen molar-refractivity contribution >= 4 is 11.0 Å². The van der Waals surface area contributed by atoms with Crippen LogP contribution in [0.15, 0.2) is 18.5 Å². The molecule has 0 spiro atoms. The second-order valence-corrected chi connectivity index (χ2v) is 7.01. The molecule has 0 aliphatic heterocycles. The van der Waals surface area contributed by atoms with E-state index in [1.165, 1.54) is 6.07 Å². The lowest BCUT2D eigenvalue weighted by molar-refractivity contribution is -0.0499.